The highest BCUT2D eigenvalue weighted by atomic mass is 35.5. The van der Waals surface area contributed by atoms with Crippen molar-refractivity contribution < 1.29 is 14.0 Å². The van der Waals surface area contributed by atoms with E-state index in [1.165, 1.54) is 0 Å². The normalized spacial score (nSPS) is 14.2. The Balaban J connectivity index is 1.59. The van der Waals surface area contributed by atoms with E-state index in [2.05, 4.69) is 20.8 Å². The molecular weight excluding hydrogens is 416 g/mol. The van der Waals surface area contributed by atoms with E-state index >= 15 is 0 Å². The van der Waals surface area contributed by atoms with Gasteiger partial charge < -0.3 is 9.73 Å². The molecule has 0 spiro atoms. The van der Waals surface area contributed by atoms with Crippen molar-refractivity contribution in [1.29, 1.82) is 0 Å². The van der Waals surface area contributed by atoms with Crippen molar-refractivity contribution in [2.45, 2.75) is 33.1 Å². The summed E-state index contributed by atoms with van der Waals surface area (Å²) in [5.74, 6) is 0.267. The Morgan fingerprint density at radius 2 is 1.87 bits per heavy atom. The van der Waals surface area contributed by atoms with E-state index < -0.39 is 0 Å². The molecule has 0 fully saturated rings. The Kier molecular flexibility index (Phi) is 5.86. The number of benzene rings is 1. The van der Waals surface area contributed by atoms with Crippen LogP contribution in [-0.2, 0) is 6.42 Å². The first-order valence-electron chi connectivity index (χ1n) is 9.91. The molecule has 2 N–H and O–H groups in total. The van der Waals surface area contributed by atoms with Crippen molar-refractivity contribution >= 4 is 34.8 Å². The minimum atomic E-state index is -0.350. The third kappa shape index (κ3) is 4.36. The molecule has 0 bridgehead atoms. The molecule has 0 radical (unpaired) electrons. The third-order valence-corrected chi connectivity index (χ3v) is 5.45. The number of hydrazone groups is 1. The van der Waals surface area contributed by atoms with Crippen LogP contribution in [0.2, 0.25) is 5.02 Å². The molecule has 2 amide bonds. The van der Waals surface area contributed by atoms with Crippen molar-refractivity contribution in [2.24, 2.45) is 5.10 Å². The minimum Gasteiger partial charge on any atom is -0.455 e. The number of carbonyl (C=O) groups excluding carboxylic acids is 2. The molecular formula is C23H21ClN4O3. The largest absolute Gasteiger partial charge is 0.455 e. The summed E-state index contributed by atoms with van der Waals surface area (Å²) in [6, 6.07) is 8.55. The summed E-state index contributed by atoms with van der Waals surface area (Å²) in [7, 11) is 0. The van der Waals surface area contributed by atoms with Gasteiger partial charge in [-0.25, -0.2) is 5.43 Å². The van der Waals surface area contributed by atoms with Crippen LogP contribution in [-0.4, -0.2) is 22.5 Å². The van der Waals surface area contributed by atoms with E-state index in [1.807, 2.05) is 19.9 Å². The maximum Gasteiger partial charge on any atom is 0.291 e. The van der Waals surface area contributed by atoms with Crippen molar-refractivity contribution in [3.05, 3.63) is 81.5 Å². The van der Waals surface area contributed by atoms with Gasteiger partial charge in [-0.3, -0.25) is 14.6 Å². The Labute approximate surface area is 184 Å². The lowest BCUT2D eigenvalue weighted by Crippen LogP contribution is -2.22. The van der Waals surface area contributed by atoms with Crippen LogP contribution in [0.25, 0.3) is 0 Å². The van der Waals surface area contributed by atoms with E-state index in [4.69, 9.17) is 16.0 Å². The smallest absolute Gasteiger partial charge is 0.291 e. The van der Waals surface area contributed by atoms with Crippen LogP contribution in [0.1, 0.15) is 56.2 Å². The van der Waals surface area contributed by atoms with Crippen molar-refractivity contribution in [3.8, 4) is 0 Å². The van der Waals surface area contributed by atoms with Gasteiger partial charge in [-0.05, 0) is 56.5 Å². The van der Waals surface area contributed by atoms with Gasteiger partial charge in [0.15, 0.2) is 5.76 Å². The van der Waals surface area contributed by atoms with Gasteiger partial charge in [0.2, 0.25) is 0 Å². The molecule has 0 saturated heterocycles. The summed E-state index contributed by atoms with van der Waals surface area (Å²) in [6.07, 6.45) is 5.30. The van der Waals surface area contributed by atoms with Gasteiger partial charge in [-0.1, -0.05) is 17.7 Å². The average molecular weight is 437 g/mol. The second-order valence-corrected chi connectivity index (χ2v) is 7.79. The number of carbonyl (C=O) groups is 2. The number of fused-ring (bicyclic) bond motifs is 1. The van der Waals surface area contributed by atoms with Gasteiger partial charge in [-0.2, -0.15) is 5.10 Å². The topological polar surface area (TPSA) is 96.6 Å². The summed E-state index contributed by atoms with van der Waals surface area (Å²) < 4.78 is 5.92. The number of nitrogens with zero attached hydrogens (tertiary/aromatic N) is 2. The Morgan fingerprint density at radius 1 is 1.10 bits per heavy atom. The van der Waals surface area contributed by atoms with Gasteiger partial charge in [0.25, 0.3) is 11.8 Å². The zero-order valence-corrected chi connectivity index (χ0v) is 17.9. The summed E-state index contributed by atoms with van der Waals surface area (Å²) in [5.41, 5.74) is 6.77. The molecule has 0 atom stereocenters. The molecule has 0 unspecified atom stereocenters. The van der Waals surface area contributed by atoms with Gasteiger partial charge in [0.05, 0.1) is 5.71 Å². The van der Waals surface area contributed by atoms with E-state index in [0.29, 0.717) is 46.2 Å². The highest BCUT2D eigenvalue weighted by Gasteiger charge is 2.28. The lowest BCUT2D eigenvalue weighted by atomic mass is 9.93. The quantitative estimate of drug-likeness (QED) is 0.581. The maximum absolute atomic E-state index is 12.9. The number of rotatable bonds is 4. The van der Waals surface area contributed by atoms with Crippen molar-refractivity contribution in [3.63, 3.8) is 0 Å². The molecule has 2 aromatic heterocycles. The van der Waals surface area contributed by atoms with Crippen molar-refractivity contribution in [1.82, 2.24) is 10.4 Å². The highest BCUT2D eigenvalue weighted by molar-refractivity contribution is 6.31. The van der Waals surface area contributed by atoms with Crippen LogP contribution < -0.4 is 10.7 Å². The third-order valence-electron chi connectivity index (χ3n) is 5.21. The van der Waals surface area contributed by atoms with Gasteiger partial charge in [0, 0.05) is 46.2 Å². The van der Waals surface area contributed by atoms with Gasteiger partial charge in [-0.15, -0.1) is 0 Å². The monoisotopic (exact) mass is 436 g/mol. The summed E-state index contributed by atoms with van der Waals surface area (Å²) in [4.78, 5) is 29.1. The fourth-order valence-electron chi connectivity index (χ4n) is 3.59. The number of aryl methyl sites for hydroxylation is 2. The highest BCUT2D eigenvalue weighted by Crippen LogP contribution is 2.31. The Morgan fingerprint density at radius 3 is 2.65 bits per heavy atom. The van der Waals surface area contributed by atoms with Gasteiger partial charge >= 0.3 is 0 Å². The molecule has 4 rings (SSSR count). The summed E-state index contributed by atoms with van der Waals surface area (Å²) in [6.45, 7) is 3.72. The number of halogens is 1. The number of hydrogen-bond acceptors (Lipinski definition) is 5. The van der Waals surface area contributed by atoms with E-state index in [0.717, 1.165) is 17.5 Å². The van der Waals surface area contributed by atoms with Crippen LogP contribution in [0.15, 0.2) is 52.2 Å². The number of anilines is 1. The molecule has 2 heterocycles. The molecule has 0 aliphatic heterocycles. The van der Waals surface area contributed by atoms with E-state index in [-0.39, 0.29) is 17.6 Å². The van der Waals surface area contributed by atoms with Crippen LogP contribution >= 0.6 is 11.6 Å². The lowest BCUT2D eigenvalue weighted by Gasteiger charge is -2.13. The van der Waals surface area contributed by atoms with E-state index in [1.54, 1.807) is 36.7 Å². The molecule has 7 nitrogen and oxygen atoms in total. The lowest BCUT2D eigenvalue weighted by molar-refractivity contribution is 0.0953. The SMILES string of the molecule is Cc1ccc(Cl)cc1NC(=O)c1oc2c(c1C)/C(=N/NC(=O)c1ccncc1)CCC2. The minimum absolute atomic E-state index is 0.236. The zero-order chi connectivity index (χ0) is 22.0. The number of nitrogens with one attached hydrogen (secondary N) is 2. The zero-order valence-electron chi connectivity index (χ0n) is 17.2. The molecule has 1 aromatic carbocycles. The van der Waals surface area contributed by atoms with Crippen LogP contribution in [0.3, 0.4) is 0 Å². The van der Waals surface area contributed by atoms with Crippen LogP contribution in [0, 0.1) is 13.8 Å². The van der Waals surface area contributed by atoms with Crippen LogP contribution in [0.4, 0.5) is 5.69 Å². The number of hydrogen-bond donors (Lipinski definition) is 2. The first-order chi connectivity index (χ1) is 14.9. The first-order valence-corrected chi connectivity index (χ1v) is 10.3. The maximum atomic E-state index is 12.9. The Bertz CT molecular complexity index is 1190. The summed E-state index contributed by atoms with van der Waals surface area (Å²) >= 11 is 6.06. The van der Waals surface area contributed by atoms with Crippen LogP contribution in [0.5, 0.6) is 0 Å². The van der Waals surface area contributed by atoms with E-state index in [9.17, 15) is 9.59 Å². The fourth-order valence-corrected chi connectivity index (χ4v) is 3.76. The molecule has 1 aliphatic rings. The molecule has 31 heavy (non-hydrogen) atoms. The predicted octanol–water partition coefficient (Wildman–Crippen LogP) is 4.67. The second-order valence-electron chi connectivity index (χ2n) is 7.36. The number of amides is 2. The second kappa shape index (κ2) is 8.73. The van der Waals surface area contributed by atoms with Gasteiger partial charge in [0.1, 0.15) is 5.76 Å². The number of pyridine rings is 1. The molecule has 8 heteroatoms. The van der Waals surface area contributed by atoms with Crippen molar-refractivity contribution in [2.75, 3.05) is 5.32 Å². The molecule has 0 saturated carbocycles. The molecule has 3 aromatic rings. The number of furan rings is 1. The molecule has 1 aliphatic carbocycles. The standard InChI is InChI=1S/C23H21ClN4O3/c1-13-6-7-16(24)12-18(13)26-23(30)21-14(2)20-17(4-3-5-19(20)31-21)27-28-22(29)15-8-10-25-11-9-15/h6-12H,3-5H2,1-2H3,(H,26,30)(H,28,29)/b27-17+. The average Bonchev–Trinajstić information content (AvgIpc) is 3.12. The number of aromatic nitrogens is 1. The molecule has 158 valence electrons. The Hall–Kier alpha value is -3.45. The first kappa shape index (κ1) is 20.8. The fraction of sp³-hybridized carbons (Fsp3) is 0.217. The summed E-state index contributed by atoms with van der Waals surface area (Å²) in [5, 5.41) is 7.74. The predicted molar refractivity (Wildman–Crippen MR) is 119 cm³/mol.